The monoisotopic (exact) mass is 420 g/mol. The Hall–Kier alpha value is -3.25. The Kier molecular flexibility index (Phi) is 6.05. The highest BCUT2D eigenvalue weighted by molar-refractivity contribution is 6.30. The summed E-state index contributed by atoms with van der Waals surface area (Å²) in [6, 6.07) is 9.44. The van der Waals surface area contributed by atoms with E-state index >= 15 is 0 Å². The second kappa shape index (κ2) is 9.05. The summed E-state index contributed by atoms with van der Waals surface area (Å²) in [5.41, 5.74) is 2.93. The van der Waals surface area contributed by atoms with Gasteiger partial charge in [0.15, 0.2) is 0 Å². The van der Waals surface area contributed by atoms with E-state index in [4.69, 9.17) is 16.3 Å². The molecule has 1 atom stereocenters. The highest BCUT2D eigenvalue weighted by Gasteiger charge is 2.25. The summed E-state index contributed by atoms with van der Waals surface area (Å²) < 4.78 is 5.64. The largest absolute Gasteiger partial charge is 0.424 e. The Bertz CT molecular complexity index is 1060. The first-order valence-electron chi connectivity index (χ1n) is 9.72. The van der Waals surface area contributed by atoms with E-state index in [0.717, 1.165) is 42.6 Å². The molecule has 6 nitrogen and oxygen atoms in total. The standard InChI is InChI=1S/C23H21ClN4O2/c1-2-22(29)28-7-6-16(15-28)8-17-9-18(12-25-11-17)19-13-26-23(27-14-19)30-21-5-3-4-20(24)10-21/h2-5,9-14,16H,1,6-8,15H2/t16-/m1/s1. The number of pyridine rings is 1. The van der Waals surface area contributed by atoms with Crippen molar-refractivity contribution in [1.82, 2.24) is 19.9 Å². The molecule has 2 aromatic heterocycles. The molecule has 0 saturated carbocycles. The Morgan fingerprint density at radius 1 is 1.20 bits per heavy atom. The maximum absolute atomic E-state index is 11.8. The van der Waals surface area contributed by atoms with Crippen molar-refractivity contribution in [2.45, 2.75) is 12.8 Å². The van der Waals surface area contributed by atoms with Crippen LogP contribution < -0.4 is 4.74 Å². The van der Waals surface area contributed by atoms with Gasteiger partial charge in [0.2, 0.25) is 5.91 Å². The van der Waals surface area contributed by atoms with Crippen molar-refractivity contribution >= 4 is 17.5 Å². The number of hydrogen-bond acceptors (Lipinski definition) is 5. The molecule has 1 amide bonds. The summed E-state index contributed by atoms with van der Waals surface area (Å²) in [7, 11) is 0. The van der Waals surface area contributed by atoms with E-state index in [9.17, 15) is 4.79 Å². The normalized spacial score (nSPS) is 15.8. The zero-order valence-electron chi connectivity index (χ0n) is 16.4. The van der Waals surface area contributed by atoms with Crippen LogP contribution >= 0.6 is 11.6 Å². The van der Waals surface area contributed by atoms with Crippen molar-refractivity contribution in [2.24, 2.45) is 5.92 Å². The van der Waals surface area contributed by atoms with Gasteiger partial charge in [0.1, 0.15) is 5.75 Å². The van der Waals surface area contributed by atoms with Gasteiger partial charge in [-0.2, -0.15) is 0 Å². The Balaban J connectivity index is 1.42. The van der Waals surface area contributed by atoms with E-state index in [1.54, 1.807) is 42.9 Å². The van der Waals surface area contributed by atoms with Gasteiger partial charge in [-0.25, -0.2) is 9.97 Å². The number of halogens is 1. The van der Waals surface area contributed by atoms with Gasteiger partial charge >= 0.3 is 6.01 Å². The van der Waals surface area contributed by atoms with Gasteiger partial charge in [-0.3, -0.25) is 9.78 Å². The highest BCUT2D eigenvalue weighted by atomic mass is 35.5. The van der Waals surface area contributed by atoms with E-state index in [0.29, 0.717) is 16.7 Å². The minimum Gasteiger partial charge on any atom is -0.424 e. The molecule has 0 N–H and O–H groups in total. The zero-order chi connectivity index (χ0) is 20.9. The first-order chi connectivity index (χ1) is 14.6. The SMILES string of the molecule is C=CC(=O)N1CC[C@H](Cc2cncc(-c3cnc(Oc4cccc(Cl)c4)nc3)c2)C1. The number of rotatable bonds is 6. The highest BCUT2D eigenvalue weighted by Crippen LogP contribution is 2.25. The fourth-order valence-corrected chi connectivity index (χ4v) is 3.75. The quantitative estimate of drug-likeness (QED) is 0.547. The molecular formula is C23H21ClN4O2. The molecule has 4 rings (SSSR count). The van der Waals surface area contributed by atoms with Crippen LogP contribution in [0.3, 0.4) is 0 Å². The molecule has 1 aliphatic rings. The summed E-state index contributed by atoms with van der Waals surface area (Å²) in [6.45, 7) is 5.10. The van der Waals surface area contributed by atoms with Gasteiger partial charge < -0.3 is 9.64 Å². The molecule has 1 fully saturated rings. The number of carbonyl (C=O) groups excluding carboxylic acids is 1. The van der Waals surface area contributed by atoms with E-state index in [-0.39, 0.29) is 11.9 Å². The second-order valence-corrected chi connectivity index (χ2v) is 7.68. The third-order valence-electron chi connectivity index (χ3n) is 5.06. The number of carbonyl (C=O) groups is 1. The minimum absolute atomic E-state index is 0.00149. The van der Waals surface area contributed by atoms with Crippen LogP contribution in [0.4, 0.5) is 0 Å². The lowest BCUT2D eigenvalue weighted by molar-refractivity contribution is -0.125. The van der Waals surface area contributed by atoms with Gasteiger partial charge in [-0.05, 0) is 54.7 Å². The lowest BCUT2D eigenvalue weighted by atomic mass is 9.98. The Labute approximate surface area is 180 Å². The summed E-state index contributed by atoms with van der Waals surface area (Å²) in [5.74, 6) is 1.01. The predicted octanol–water partition coefficient (Wildman–Crippen LogP) is 4.56. The van der Waals surface area contributed by atoms with E-state index < -0.39 is 0 Å². The van der Waals surface area contributed by atoms with Crippen LogP contribution in [0.1, 0.15) is 12.0 Å². The second-order valence-electron chi connectivity index (χ2n) is 7.24. The molecule has 0 unspecified atom stereocenters. The van der Waals surface area contributed by atoms with E-state index in [2.05, 4.69) is 27.6 Å². The lowest BCUT2D eigenvalue weighted by Gasteiger charge is -2.14. The van der Waals surface area contributed by atoms with Crippen LogP contribution in [0.25, 0.3) is 11.1 Å². The number of likely N-dealkylation sites (tertiary alicyclic amines) is 1. The van der Waals surface area contributed by atoms with Crippen molar-refractivity contribution in [2.75, 3.05) is 13.1 Å². The van der Waals surface area contributed by atoms with Gasteiger partial charge in [0.05, 0.1) is 0 Å². The number of benzene rings is 1. The Morgan fingerprint density at radius 3 is 2.80 bits per heavy atom. The maximum atomic E-state index is 11.8. The van der Waals surface area contributed by atoms with Gasteiger partial charge in [-0.1, -0.05) is 24.2 Å². The maximum Gasteiger partial charge on any atom is 0.321 e. The van der Waals surface area contributed by atoms with Crippen molar-refractivity contribution < 1.29 is 9.53 Å². The van der Waals surface area contributed by atoms with Crippen molar-refractivity contribution in [3.8, 4) is 22.9 Å². The van der Waals surface area contributed by atoms with Crippen molar-refractivity contribution in [1.29, 1.82) is 0 Å². The Morgan fingerprint density at radius 2 is 2.03 bits per heavy atom. The van der Waals surface area contributed by atoms with Crippen LogP contribution in [0.2, 0.25) is 5.02 Å². The van der Waals surface area contributed by atoms with Crippen LogP contribution in [0.5, 0.6) is 11.8 Å². The zero-order valence-corrected chi connectivity index (χ0v) is 17.1. The average Bonchev–Trinajstić information content (AvgIpc) is 3.22. The molecule has 30 heavy (non-hydrogen) atoms. The van der Waals surface area contributed by atoms with Gasteiger partial charge in [0.25, 0.3) is 0 Å². The summed E-state index contributed by atoms with van der Waals surface area (Å²) in [6.07, 6.45) is 10.3. The van der Waals surface area contributed by atoms with Gasteiger partial charge in [0, 0.05) is 54.0 Å². The van der Waals surface area contributed by atoms with Crippen LogP contribution in [-0.4, -0.2) is 38.8 Å². The first-order valence-corrected chi connectivity index (χ1v) is 10.1. The molecular weight excluding hydrogens is 400 g/mol. The molecule has 0 aliphatic carbocycles. The molecule has 3 aromatic rings. The molecule has 0 spiro atoms. The summed E-state index contributed by atoms with van der Waals surface area (Å²) in [4.78, 5) is 26.6. The first kappa shape index (κ1) is 20.0. The van der Waals surface area contributed by atoms with Crippen molar-refractivity contribution in [3.05, 3.63) is 78.4 Å². The number of hydrogen-bond donors (Lipinski definition) is 0. The average molecular weight is 421 g/mol. The molecule has 3 heterocycles. The van der Waals surface area contributed by atoms with Crippen LogP contribution in [-0.2, 0) is 11.2 Å². The molecule has 152 valence electrons. The summed E-state index contributed by atoms with van der Waals surface area (Å²) >= 11 is 5.97. The smallest absolute Gasteiger partial charge is 0.321 e. The van der Waals surface area contributed by atoms with Gasteiger partial charge in [-0.15, -0.1) is 0 Å². The number of aromatic nitrogens is 3. The number of nitrogens with zero attached hydrogens (tertiary/aromatic N) is 4. The number of amides is 1. The molecule has 1 aromatic carbocycles. The third kappa shape index (κ3) is 4.83. The third-order valence-corrected chi connectivity index (χ3v) is 5.29. The minimum atomic E-state index is 0.00149. The molecule has 1 saturated heterocycles. The molecule has 1 aliphatic heterocycles. The fourth-order valence-electron chi connectivity index (χ4n) is 3.57. The van der Waals surface area contributed by atoms with Crippen molar-refractivity contribution in [3.63, 3.8) is 0 Å². The summed E-state index contributed by atoms with van der Waals surface area (Å²) in [5, 5.41) is 0.589. The molecule has 7 heteroatoms. The van der Waals surface area contributed by atoms with E-state index in [1.807, 2.05) is 11.1 Å². The topological polar surface area (TPSA) is 68.2 Å². The fraction of sp³-hybridized carbons (Fsp3) is 0.217. The lowest BCUT2D eigenvalue weighted by Crippen LogP contribution is -2.26. The predicted molar refractivity (Wildman–Crippen MR) is 115 cm³/mol. The van der Waals surface area contributed by atoms with E-state index in [1.165, 1.54) is 6.08 Å². The van der Waals surface area contributed by atoms with Crippen LogP contribution in [0, 0.1) is 5.92 Å². The molecule has 0 radical (unpaired) electrons. The number of ether oxygens (including phenoxy) is 1. The van der Waals surface area contributed by atoms with Crippen LogP contribution in [0.15, 0.2) is 67.8 Å². The molecule has 0 bridgehead atoms.